The average molecular weight is 416 g/mol. The molecule has 2 rings (SSSR count). The number of fused-ring (bicyclic) bond motifs is 1. The van der Waals surface area contributed by atoms with Gasteiger partial charge in [0, 0.05) is 0 Å². The van der Waals surface area contributed by atoms with Gasteiger partial charge in [0.05, 0.1) is 0 Å². The highest BCUT2D eigenvalue weighted by molar-refractivity contribution is 5.42. The number of rotatable bonds is 10. The fraction of sp³-hybridized carbons (Fsp3) is 0.724. The van der Waals surface area contributed by atoms with Gasteiger partial charge in [-0.05, 0) is 66.7 Å². The van der Waals surface area contributed by atoms with Crippen molar-refractivity contribution >= 4 is 0 Å². The average Bonchev–Trinajstić information content (AvgIpc) is 3.01. The third-order valence-electron chi connectivity index (χ3n) is 6.39. The van der Waals surface area contributed by atoms with Gasteiger partial charge in [-0.2, -0.15) is 0 Å². The lowest BCUT2D eigenvalue weighted by molar-refractivity contribution is 0.333. The Bertz CT molecular complexity index is 549. The molecule has 0 aliphatic heterocycles. The van der Waals surface area contributed by atoms with Crippen molar-refractivity contribution in [2.45, 2.75) is 130 Å². The van der Waals surface area contributed by atoms with Crippen LogP contribution in [0.3, 0.4) is 0 Å². The molecule has 174 valence electrons. The summed E-state index contributed by atoms with van der Waals surface area (Å²) in [6.45, 7) is 19.0. The molecule has 0 radical (unpaired) electrons. The number of allylic oxidation sites excluding steroid dienone is 1. The highest BCUT2D eigenvalue weighted by Crippen LogP contribution is 2.52. The first-order valence-corrected chi connectivity index (χ1v) is 12.8. The van der Waals surface area contributed by atoms with E-state index in [9.17, 15) is 0 Å². The van der Waals surface area contributed by atoms with Gasteiger partial charge in [-0.3, -0.25) is 0 Å². The lowest BCUT2D eigenvalue weighted by atomic mass is 9.74. The smallest absolute Gasteiger partial charge is 0.00242 e. The van der Waals surface area contributed by atoms with Gasteiger partial charge in [-0.15, -0.1) is 0 Å². The molecule has 2 atom stereocenters. The largest absolute Gasteiger partial charge is 0.403 e. The third kappa shape index (κ3) is 10.2. The predicted molar refractivity (Wildman–Crippen MR) is 138 cm³/mol. The van der Waals surface area contributed by atoms with E-state index >= 15 is 0 Å². The fourth-order valence-electron chi connectivity index (χ4n) is 5.14. The molecule has 30 heavy (non-hydrogen) atoms. The van der Waals surface area contributed by atoms with Crippen LogP contribution >= 0.6 is 0 Å². The summed E-state index contributed by atoms with van der Waals surface area (Å²) in [5, 5.41) is 0. The molecule has 0 saturated carbocycles. The van der Waals surface area contributed by atoms with Crippen molar-refractivity contribution in [3.8, 4) is 0 Å². The molecule has 0 saturated heterocycles. The van der Waals surface area contributed by atoms with Gasteiger partial charge in [-0.1, -0.05) is 117 Å². The molecule has 1 nitrogen and oxygen atoms in total. The van der Waals surface area contributed by atoms with Gasteiger partial charge >= 0.3 is 0 Å². The van der Waals surface area contributed by atoms with Crippen LogP contribution in [0.1, 0.15) is 136 Å². The number of hydrogen-bond donors (Lipinski definition) is 1. The molecular formula is C29H53N. The van der Waals surface area contributed by atoms with Crippen LogP contribution < -0.4 is 5.73 Å². The van der Waals surface area contributed by atoms with Crippen LogP contribution in [0.5, 0.6) is 0 Å². The van der Waals surface area contributed by atoms with Gasteiger partial charge in [0.2, 0.25) is 0 Å². The van der Waals surface area contributed by atoms with E-state index in [0.717, 1.165) is 11.8 Å². The minimum Gasteiger partial charge on any atom is -0.403 e. The van der Waals surface area contributed by atoms with E-state index in [-0.39, 0.29) is 0 Å². The van der Waals surface area contributed by atoms with Crippen LogP contribution in [0.25, 0.3) is 0 Å². The quantitative estimate of drug-likeness (QED) is 0.404. The maximum atomic E-state index is 4.92. The van der Waals surface area contributed by atoms with Crippen LogP contribution in [0.4, 0.5) is 0 Å². The Morgan fingerprint density at radius 1 is 1.00 bits per heavy atom. The molecule has 2 N–H and O–H groups in total. The van der Waals surface area contributed by atoms with Gasteiger partial charge in [0.25, 0.3) is 0 Å². The summed E-state index contributed by atoms with van der Waals surface area (Å²) in [5.74, 6) is 1.78. The molecule has 0 bridgehead atoms. The van der Waals surface area contributed by atoms with Crippen LogP contribution in [-0.4, -0.2) is 0 Å². The van der Waals surface area contributed by atoms with Crippen LogP contribution in [0, 0.1) is 5.92 Å². The Kier molecular flexibility index (Phi) is 15.8. The summed E-state index contributed by atoms with van der Waals surface area (Å²) >= 11 is 0. The van der Waals surface area contributed by atoms with Crippen molar-refractivity contribution in [3.63, 3.8) is 0 Å². The summed E-state index contributed by atoms with van der Waals surface area (Å²) in [5.41, 5.74) is 9.41. The molecule has 1 aliphatic rings. The molecule has 0 spiro atoms. The SMILES string of the molecule is C=C(C)N.CCCC1(CCC)CC(CC)c2ccccc21.CCCCC(C)CCC. The molecular weight excluding hydrogens is 362 g/mol. The lowest BCUT2D eigenvalue weighted by Gasteiger charge is -2.30. The predicted octanol–water partition coefficient (Wildman–Crippen LogP) is 9.51. The number of unbranched alkanes of at least 4 members (excludes halogenated alkanes) is 1. The second-order valence-electron chi connectivity index (χ2n) is 9.56. The Morgan fingerprint density at radius 3 is 2.03 bits per heavy atom. The molecule has 2 unspecified atom stereocenters. The third-order valence-corrected chi connectivity index (χ3v) is 6.39. The van der Waals surface area contributed by atoms with Crippen molar-refractivity contribution in [2.24, 2.45) is 11.7 Å². The van der Waals surface area contributed by atoms with E-state index < -0.39 is 0 Å². The summed E-state index contributed by atoms with van der Waals surface area (Å²) in [6, 6.07) is 9.22. The zero-order chi connectivity index (χ0) is 23.0. The number of benzene rings is 1. The maximum absolute atomic E-state index is 4.92. The normalized spacial score (nSPS) is 17.1. The van der Waals surface area contributed by atoms with E-state index in [1.54, 1.807) is 18.1 Å². The minimum absolute atomic E-state index is 0.501. The fourth-order valence-corrected chi connectivity index (χ4v) is 5.14. The van der Waals surface area contributed by atoms with Gasteiger partial charge in [0.1, 0.15) is 0 Å². The molecule has 1 heteroatoms. The van der Waals surface area contributed by atoms with Gasteiger partial charge in [0.15, 0.2) is 0 Å². The monoisotopic (exact) mass is 415 g/mol. The topological polar surface area (TPSA) is 26.0 Å². The van der Waals surface area contributed by atoms with Crippen molar-refractivity contribution in [2.75, 3.05) is 0 Å². The Hall–Kier alpha value is -1.24. The van der Waals surface area contributed by atoms with Gasteiger partial charge < -0.3 is 5.73 Å². The van der Waals surface area contributed by atoms with E-state index in [2.05, 4.69) is 72.4 Å². The number of nitrogens with two attached hydrogens (primary N) is 1. The molecule has 0 fully saturated rings. The molecule has 0 amide bonds. The minimum atomic E-state index is 0.501. The Balaban J connectivity index is 0.000000545. The molecule has 0 heterocycles. The van der Waals surface area contributed by atoms with E-state index in [1.165, 1.54) is 70.6 Å². The van der Waals surface area contributed by atoms with E-state index in [0.29, 0.717) is 11.1 Å². The molecule has 1 aromatic carbocycles. The molecule has 0 aromatic heterocycles. The summed E-state index contributed by atoms with van der Waals surface area (Å²) < 4.78 is 0. The first-order valence-electron chi connectivity index (χ1n) is 12.8. The van der Waals surface area contributed by atoms with Crippen molar-refractivity contribution in [3.05, 3.63) is 47.7 Å². The van der Waals surface area contributed by atoms with Crippen LogP contribution in [-0.2, 0) is 5.41 Å². The van der Waals surface area contributed by atoms with E-state index in [4.69, 9.17) is 5.73 Å². The highest BCUT2D eigenvalue weighted by Gasteiger charge is 2.41. The second-order valence-corrected chi connectivity index (χ2v) is 9.56. The Morgan fingerprint density at radius 2 is 1.57 bits per heavy atom. The molecule has 1 aromatic rings. The van der Waals surface area contributed by atoms with Crippen molar-refractivity contribution in [1.29, 1.82) is 0 Å². The highest BCUT2D eigenvalue weighted by atomic mass is 14.5. The van der Waals surface area contributed by atoms with Crippen LogP contribution in [0.2, 0.25) is 0 Å². The van der Waals surface area contributed by atoms with Crippen molar-refractivity contribution in [1.82, 2.24) is 0 Å². The van der Waals surface area contributed by atoms with Gasteiger partial charge in [-0.25, -0.2) is 0 Å². The maximum Gasteiger partial charge on any atom is -0.00242 e. The Labute approximate surface area is 189 Å². The first kappa shape index (κ1) is 28.8. The zero-order valence-corrected chi connectivity index (χ0v) is 21.5. The zero-order valence-electron chi connectivity index (χ0n) is 21.5. The first-order chi connectivity index (χ1) is 14.3. The summed E-state index contributed by atoms with van der Waals surface area (Å²) in [7, 11) is 0. The van der Waals surface area contributed by atoms with E-state index in [1.807, 2.05) is 0 Å². The summed E-state index contributed by atoms with van der Waals surface area (Å²) in [4.78, 5) is 0. The molecule has 1 aliphatic carbocycles. The lowest BCUT2D eigenvalue weighted by Crippen LogP contribution is -2.22. The summed E-state index contributed by atoms with van der Waals surface area (Å²) in [6.07, 6.45) is 15.0. The standard InChI is InChI=1S/C17H26.C9H20.C3H7N/c1-4-11-17(12-5-2)13-14(6-3)15-9-7-8-10-16(15)17;1-4-6-8-9(3)7-5-2;1-3(2)4/h7-10,14H,4-6,11-13H2,1-3H3;9H,4-8H2,1-3H3;1,4H2,2H3. The number of hydrogen-bond acceptors (Lipinski definition) is 1. The van der Waals surface area contributed by atoms with Crippen molar-refractivity contribution < 1.29 is 0 Å². The van der Waals surface area contributed by atoms with Crippen LogP contribution in [0.15, 0.2) is 36.5 Å². The second kappa shape index (κ2) is 16.5.